The second-order valence-corrected chi connectivity index (χ2v) is 6.80. The predicted molar refractivity (Wildman–Crippen MR) is 89.3 cm³/mol. The quantitative estimate of drug-likeness (QED) is 0.859. The van der Waals surface area contributed by atoms with Crippen LogP contribution in [-0.4, -0.2) is 29.9 Å². The van der Waals surface area contributed by atoms with Crippen LogP contribution >= 0.6 is 15.9 Å². The molecule has 1 aliphatic heterocycles. The standard InChI is InChI=1S/C17H19BrN2O/c1-11-10-20(7-6-16(11)19)17(21)14-3-2-13-9-15(18)5-4-12(13)8-14/h2-5,8-9,11,16H,6-7,10,19H2,1H3. The van der Waals surface area contributed by atoms with Gasteiger partial charge in [-0.25, -0.2) is 0 Å². The Bertz CT molecular complexity index is 686. The molecule has 110 valence electrons. The fourth-order valence-corrected chi connectivity index (χ4v) is 3.26. The zero-order chi connectivity index (χ0) is 15.0. The minimum absolute atomic E-state index is 0.110. The molecule has 2 unspecified atom stereocenters. The van der Waals surface area contributed by atoms with Crippen LogP contribution in [0.1, 0.15) is 23.7 Å². The second kappa shape index (κ2) is 5.78. The molecule has 0 spiro atoms. The number of rotatable bonds is 1. The number of fused-ring (bicyclic) bond motifs is 1. The third-order valence-electron chi connectivity index (χ3n) is 4.31. The van der Waals surface area contributed by atoms with E-state index in [1.165, 1.54) is 0 Å². The first-order valence-corrected chi connectivity index (χ1v) is 8.08. The van der Waals surface area contributed by atoms with Crippen LogP contribution < -0.4 is 5.73 Å². The molecule has 3 nitrogen and oxygen atoms in total. The third-order valence-corrected chi connectivity index (χ3v) is 4.80. The average Bonchev–Trinajstić information content (AvgIpc) is 2.49. The lowest BCUT2D eigenvalue weighted by molar-refractivity contribution is 0.0664. The second-order valence-electron chi connectivity index (χ2n) is 5.89. The van der Waals surface area contributed by atoms with E-state index in [1.54, 1.807) is 0 Å². The monoisotopic (exact) mass is 346 g/mol. The van der Waals surface area contributed by atoms with Crippen LogP contribution in [0, 0.1) is 5.92 Å². The zero-order valence-electron chi connectivity index (χ0n) is 12.1. The van der Waals surface area contributed by atoms with Crippen LogP contribution in [-0.2, 0) is 0 Å². The largest absolute Gasteiger partial charge is 0.338 e. The Morgan fingerprint density at radius 3 is 2.71 bits per heavy atom. The molecule has 0 radical (unpaired) electrons. The van der Waals surface area contributed by atoms with Gasteiger partial charge in [-0.2, -0.15) is 0 Å². The van der Waals surface area contributed by atoms with E-state index in [1.807, 2.05) is 35.2 Å². The van der Waals surface area contributed by atoms with Crippen molar-refractivity contribution in [2.45, 2.75) is 19.4 Å². The van der Waals surface area contributed by atoms with Gasteiger partial charge in [0, 0.05) is 29.2 Å². The van der Waals surface area contributed by atoms with Crippen LogP contribution in [0.5, 0.6) is 0 Å². The average molecular weight is 347 g/mol. The van der Waals surface area contributed by atoms with E-state index in [2.05, 4.69) is 28.9 Å². The molecule has 21 heavy (non-hydrogen) atoms. The highest BCUT2D eigenvalue weighted by Crippen LogP contribution is 2.23. The number of hydrogen-bond acceptors (Lipinski definition) is 2. The van der Waals surface area contributed by atoms with Gasteiger partial charge in [0.25, 0.3) is 5.91 Å². The van der Waals surface area contributed by atoms with Crippen molar-refractivity contribution in [3.8, 4) is 0 Å². The summed E-state index contributed by atoms with van der Waals surface area (Å²) in [6.45, 7) is 3.61. The summed E-state index contributed by atoms with van der Waals surface area (Å²) in [6, 6.07) is 12.2. The number of piperidine rings is 1. The Hall–Kier alpha value is -1.39. The van der Waals surface area contributed by atoms with Gasteiger partial charge in [-0.1, -0.05) is 35.0 Å². The number of nitrogens with zero attached hydrogens (tertiary/aromatic N) is 1. The summed E-state index contributed by atoms with van der Waals surface area (Å²) in [5.41, 5.74) is 6.78. The highest BCUT2D eigenvalue weighted by Gasteiger charge is 2.26. The first-order chi connectivity index (χ1) is 10.0. The van der Waals surface area contributed by atoms with Crippen LogP contribution in [0.3, 0.4) is 0 Å². The molecule has 1 fully saturated rings. The maximum Gasteiger partial charge on any atom is 0.253 e. The lowest BCUT2D eigenvalue weighted by Gasteiger charge is -2.35. The van der Waals surface area contributed by atoms with Crippen molar-refractivity contribution in [2.24, 2.45) is 11.7 Å². The Kier molecular flexibility index (Phi) is 4.00. The van der Waals surface area contributed by atoms with E-state index < -0.39 is 0 Å². The minimum Gasteiger partial charge on any atom is -0.338 e. The number of hydrogen-bond donors (Lipinski definition) is 1. The highest BCUT2D eigenvalue weighted by molar-refractivity contribution is 9.10. The van der Waals surface area contributed by atoms with Gasteiger partial charge in [-0.15, -0.1) is 0 Å². The molecule has 1 heterocycles. The maximum absolute atomic E-state index is 12.6. The predicted octanol–water partition coefficient (Wildman–Crippen LogP) is 3.41. The summed E-state index contributed by atoms with van der Waals surface area (Å²) in [5, 5.41) is 2.22. The summed E-state index contributed by atoms with van der Waals surface area (Å²) < 4.78 is 1.05. The SMILES string of the molecule is CC1CN(C(=O)c2ccc3cc(Br)ccc3c2)CCC1N. The third kappa shape index (κ3) is 2.97. The lowest BCUT2D eigenvalue weighted by Crippen LogP contribution is -2.48. The Morgan fingerprint density at radius 2 is 1.95 bits per heavy atom. The fourth-order valence-electron chi connectivity index (χ4n) is 2.88. The molecule has 1 saturated heterocycles. The van der Waals surface area contributed by atoms with Crippen molar-refractivity contribution in [1.29, 1.82) is 0 Å². The van der Waals surface area contributed by atoms with E-state index in [-0.39, 0.29) is 11.9 Å². The van der Waals surface area contributed by atoms with Gasteiger partial charge in [0.15, 0.2) is 0 Å². The Labute approximate surface area is 133 Å². The van der Waals surface area contributed by atoms with E-state index >= 15 is 0 Å². The van der Waals surface area contributed by atoms with Crippen LogP contribution in [0.25, 0.3) is 10.8 Å². The summed E-state index contributed by atoms with van der Waals surface area (Å²) >= 11 is 3.47. The molecule has 0 aliphatic carbocycles. The first kappa shape index (κ1) is 14.5. The van der Waals surface area contributed by atoms with Crippen LogP contribution in [0.15, 0.2) is 40.9 Å². The van der Waals surface area contributed by atoms with Crippen molar-refractivity contribution < 1.29 is 4.79 Å². The number of amides is 1. The molecule has 2 N–H and O–H groups in total. The number of carbonyl (C=O) groups excluding carboxylic acids is 1. The molecule has 0 bridgehead atoms. The number of halogens is 1. The molecule has 2 aromatic carbocycles. The Balaban J connectivity index is 1.86. The molecule has 3 rings (SSSR count). The van der Waals surface area contributed by atoms with Gasteiger partial charge in [-0.3, -0.25) is 4.79 Å². The van der Waals surface area contributed by atoms with Gasteiger partial charge in [-0.05, 0) is 47.4 Å². The molecule has 2 atom stereocenters. The van der Waals surface area contributed by atoms with Gasteiger partial charge in [0.05, 0.1) is 0 Å². The number of carbonyl (C=O) groups is 1. The molecule has 1 aliphatic rings. The highest BCUT2D eigenvalue weighted by atomic mass is 79.9. The summed E-state index contributed by atoms with van der Waals surface area (Å²) in [7, 11) is 0. The minimum atomic E-state index is 0.110. The van der Waals surface area contributed by atoms with Gasteiger partial charge < -0.3 is 10.6 Å². The van der Waals surface area contributed by atoms with Gasteiger partial charge in [0.2, 0.25) is 0 Å². The van der Waals surface area contributed by atoms with Gasteiger partial charge in [0.1, 0.15) is 0 Å². The van der Waals surface area contributed by atoms with Crippen molar-refractivity contribution in [2.75, 3.05) is 13.1 Å². The molecular weight excluding hydrogens is 328 g/mol. The number of nitrogens with two attached hydrogens (primary N) is 1. The normalized spacial score (nSPS) is 22.5. The van der Waals surface area contributed by atoms with Crippen molar-refractivity contribution in [3.63, 3.8) is 0 Å². The molecule has 0 aromatic heterocycles. The van der Waals surface area contributed by atoms with E-state index in [0.717, 1.165) is 40.3 Å². The van der Waals surface area contributed by atoms with E-state index in [9.17, 15) is 4.79 Å². The van der Waals surface area contributed by atoms with Crippen molar-refractivity contribution in [3.05, 3.63) is 46.4 Å². The summed E-state index contributed by atoms with van der Waals surface area (Å²) in [5.74, 6) is 0.470. The Morgan fingerprint density at radius 1 is 1.24 bits per heavy atom. The fraction of sp³-hybridized carbons (Fsp3) is 0.353. The van der Waals surface area contributed by atoms with Crippen LogP contribution in [0.2, 0.25) is 0 Å². The zero-order valence-corrected chi connectivity index (χ0v) is 13.6. The van der Waals surface area contributed by atoms with E-state index in [0.29, 0.717) is 5.92 Å². The molecule has 4 heteroatoms. The number of likely N-dealkylation sites (tertiary alicyclic amines) is 1. The van der Waals surface area contributed by atoms with Crippen LogP contribution in [0.4, 0.5) is 0 Å². The summed E-state index contributed by atoms with van der Waals surface area (Å²) in [6.07, 6.45) is 0.882. The smallest absolute Gasteiger partial charge is 0.253 e. The lowest BCUT2D eigenvalue weighted by atomic mass is 9.94. The van der Waals surface area contributed by atoms with E-state index in [4.69, 9.17) is 5.73 Å². The first-order valence-electron chi connectivity index (χ1n) is 7.29. The topological polar surface area (TPSA) is 46.3 Å². The number of benzene rings is 2. The van der Waals surface area contributed by atoms with Crippen molar-refractivity contribution in [1.82, 2.24) is 4.90 Å². The molecular formula is C17H19BrN2O. The van der Waals surface area contributed by atoms with Crippen molar-refractivity contribution >= 4 is 32.6 Å². The maximum atomic E-state index is 12.6. The van der Waals surface area contributed by atoms with Gasteiger partial charge >= 0.3 is 0 Å². The summed E-state index contributed by atoms with van der Waals surface area (Å²) in [4.78, 5) is 14.6. The molecule has 0 saturated carbocycles. The molecule has 2 aromatic rings. The molecule has 1 amide bonds.